The molecule has 226 valence electrons. The summed E-state index contributed by atoms with van der Waals surface area (Å²) in [6, 6.07) is 9.35. The second-order valence-electron chi connectivity index (χ2n) is 10.5. The zero-order valence-corrected chi connectivity index (χ0v) is 24.0. The van der Waals surface area contributed by atoms with Crippen molar-refractivity contribution in [1.82, 2.24) is 20.5 Å². The van der Waals surface area contributed by atoms with E-state index in [1.807, 2.05) is 13.8 Å². The molecule has 2 aromatic carbocycles. The van der Waals surface area contributed by atoms with Gasteiger partial charge < -0.3 is 20.2 Å². The van der Waals surface area contributed by atoms with Gasteiger partial charge in [0.25, 0.3) is 5.91 Å². The fraction of sp³-hybridized carbons (Fsp3) is 0.323. The van der Waals surface area contributed by atoms with Crippen molar-refractivity contribution in [2.24, 2.45) is 11.7 Å². The number of halogens is 3. The second kappa shape index (κ2) is 14.0. The first kappa shape index (κ1) is 31.2. The lowest BCUT2D eigenvalue weighted by molar-refractivity contribution is 0.0998. The smallest absolute Gasteiger partial charge is 0.407 e. The van der Waals surface area contributed by atoms with Crippen LogP contribution in [-0.2, 0) is 37.0 Å². The molecule has 2 aromatic heterocycles. The minimum atomic E-state index is -1.05. The van der Waals surface area contributed by atoms with Gasteiger partial charge in [-0.3, -0.25) is 9.78 Å². The topological polar surface area (TPSA) is 133 Å². The molecule has 0 saturated carbocycles. The van der Waals surface area contributed by atoms with Gasteiger partial charge in [-0.05, 0) is 72.6 Å². The zero-order chi connectivity index (χ0) is 31.1. The number of aromatic nitrogens is 3. The van der Waals surface area contributed by atoms with Gasteiger partial charge >= 0.3 is 6.09 Å². The zero-order valence-electron chi connectivity index (χ0n) is 24.0. The van der Waals surface area contributed by atoms with Crippen LogP contribution in [0.1, 0.15) is 58.2 Å². The van der Waals surface area contributed by atoms with Gasteiger partial charge in [-0.25, -0.2) is 18.0 Å². The molecule has 2 amide bonds. The summed E-state index contributed by atoms with van der Waals surface area (Å²) in [5.41, 5.74) is 9.28. The first-order valence-electron chi connectivity index (χ1n) is 13.8. The van der Waals surface area contributed by atoms with Crippen LogP contribution in [0.3, 0.4) is 0 Å². The minimum Gasteiger partial charge on any atom is -0.445 e. The van der Waals surface area contributed by atoms with E-state index in [1.165, 1.54) is 18.2 Å². The van der Waals surface area contributed by atoms with E-state index >= 15 is 0 Å². The van der Waals surface area contributed by atoms with Crippen LogP contribution < -0.4 is 11.1 Å². The molecule has 0 fully saturated rings. The van der Waals surface area contributed by atoms with Crippen molar-refractivity contribution < 1.29 is 31.9 Å². The van der Waals surface area contributed by atoms with E-state index in [0.717, 1.165) is 17.7 Å². The summed E-state index contributed by atoms with van der Waals surface area (Å²) in [5.74, 6) is -2.49. The first-order valence-corrected chi connectivity index (χ1v) is 13.8. The number of primary amides is 1. The average molecular weight is 596 g/mol. The molecule has 4 rings (SSSR count). The predicted octanol–water partition coefficient (Wildman–Crippen LogP) is 5.41. The maximum atomic E-state index is 13.5. The highest BCUT2D eigenvalue weighted by molar-refractivity contribution is 5.97. The van der Waals surface area contributed by atoms with E-state index in [9.17, 15) is 22.8 Å². The van der Waals surface area contributed by atoms with Crippen LogP contribution in [0.2, 0.25) is 0 Å². The Hall–Kier alpha value is -4.74. The van der Waals surface area contributed by atoms with Crippen molar-refractivity contribution in [2.45, 2.75) is 53.1 Å². The van der Waals surface area contributed by atoms with Crippen LogP contribution in [-0.4, -0.2) is 33.7 Å². The Morgan fingerprint density at radius 2 is 1.67 bits per heavy atom. The van der Waals surface area contributed by atoms with Gasteiger partial charge in [0, 0.05) is 13.5 Å². The maximum Gasteiger partial charge on any atom is 0.407 e. The number of carbonyl (C=O) groups is 2. The molecule has 12 heteroatoms. The molecule has 0 aliphatic rings. The SMILES string of the molecule is Cc1nnc(-c2c(CCc3ccc(F)cc3)nc(CC(C)C)c(C(N)=O)c2CCNC(=O)OCc2ccc(F)c(F)c2)o1. The van der Waals surface area contributed by atoms with E-state index in [1.54, 1.807) is 19.1 Å². The average Bonchev–Trinajstić information content (AvgIpc) is 3.38. The molecule has 2 heterocycles. The molecule has 0 radical (unpaired) electrons. The number of nitrogens with two attached hydrogens (primary N) is 1. The highest BCUT2D eigenvalue weighted by atomic mass is 19.2. The number of nitrogens with one attached hydrogen (secondary N) is 1. The third-order valence-corrected chi connectivity index (χ3v) is 6.60. The number of benzene rings is 2. The monoisotopic (exact) mass is 595 g/mol. The van der Waals surface area contributed by atoms with E-state index in [4.69, 9.17) is 19.9 Å². The van der Waals surface area contributed by atoms with E-state index < -0.39 is 23.6 Å². The van der Waals surface area contributed by atoms with E-state index in [0.29, 0.717) is 47.7 Å². The largest absolute Gasteiger partial charge is 0.445 e. The van der Waals surface area contributed by atoms with Crippen molar-refractivity contribution in [1.29, 1.82) is 0 Å². The number of aryl methyl sites for hydroxylation is 3. The number of carbonyl (C=O) groups excluding carboxylic acids is 2. The standard InChI is InChI=1S/C31H32F3N5O4/c1-17(2)14-26-27(29(35)40)22(12-13-36-31(41)42-16-20-6-10-23(33)24(34)15-20)28(30-39-38-18(3)43-30)25(37-26)11-7-19-4-8-21(32)9-5-19/h4-6,8-10,15,17H,7,11-14,16H2,1-3H3,(H2,35,40)(H,36,41). The molecule has 0 bridgehead atoms. The van der Waals surface area contributed by atoms with Crippen molar-refractivity contribution in [3.63, 3.8) is 0 Å². The molecule has 0 atom stereocenters. The summed E-state index contributed by atoms with van der Waals surface area (Å²) in [6.07, 6.45) is 0.712. The molecule has 3 N–H and O–H groups in total. The highest BCUT2D eigenvalue weighted by Crippen LogP contribution is 2.32. The molecule has 43 heavy (non-hydrogen) atoms. The quantitative estimate of drug-likeness (QED) is 0.224. The van der Waals surface area contributed by atoms with Gasteiger partial charge in [-0.15, -0.1) is 10.2 Å². The maximum absolute atomic E-state index is 13.5. The molecule has 9 nitrogen and oxygen atoms in total. The van der Waals surface area contributed by atoms with E-state index in [-0.39, 0.29) is 48.3 Å². The van der Waals surface area contributed by atoms with Crippen molar-refractivity contribution in [3.8, 4) is 11.5 Å². The van der Waals surface area contributed by atoms with Crippen LogP contribution in [0.4, 0.5) is 18.0 Å². The predicted molar refractivity (Wildman–Crippen MR) is 151 cm³/mol. The lowest BCUT2D eigenvalue weighted by Gasteiger charge is -2.20. The number of nitrogens with zero attached hydrogens (tertiary/aromatic N) is 3. The van der Waals surface area contributed by atoms with Gasteiger partial charge in [-0.2, -0.15) is 0 Å². The number of amides is 2. The number of ether oxygens (including phenoxy) is 1. The Kier molecular flexibility index (Phi) is 10.1. The molecule has 4 aromatic rings. The molecule has 0 unspecified atom stereocenters. The van der Waals surface area contributed by atoms with Gasteiger partial charge in [-0.1, -0.05) is 32.0 Å². The van der Waals surface area contributed by atoms with Crippen LogP contribution in [0.25, 0.3) is 11.5 Å². The summed E-state index contributed by atoms with van der Waals surface area (Å²) >= 11 is 0. The van der Waals surface area contributed by atoms with Crippen LogP contribution >= 0.6 is 0 Å². The molecular formula is C31H32F3N5O4. The van der Waals surface area contributed by atoms with Gasteiger partial charge in [0.1, 0.15) is 12.4 Å². The Labute approximate surface area is 246 Å². The summed E-state index contributed by atoms with van der Waals surface area (Å²) in [6.45, 7) is 5.37. The lowest BCUT2D eigenvalue weighted by atomic mass is 9.90. The minimum absolute atomic E-state index is 0.0273. The Morgan fingerprint density at radius 1 is 0.953 bits per heavy atom. The lowest BCUT2D eigenvalue weighted by Crippen LogP contribution is -2.28. The van der Waals surface area contributed by atoms with Crippen molar-refractivity contribution in [3.05, 3.63) is 99.4 Å². The molecule has 0 aliphatic heterocycles. The molecule has 0 saturated heterocycles. The second-order valence-corrected chi connectivity index (χ2v) is 10.5. The van der Waals surface area contributed by atoms with Gasteiger partial charge in [0.05, 0.1) is 22.5 Å². The summed E-state index contributed by atoms with van der Waals surface area (Å²) < 4.78 is 51.1. The third kappa shape index (κ3) is 8.18. The third-order valence-electron chi connectivity index (χ3n) is 6.60. The van der Waals surface area contributed by atoms with Gasteiger partial charge in [0.15, 0.2) is 11.6 Å². The number of rotatable bonds is 12. The summed E-state index contributed by atoms with van der Waals surface area (Å²) in [4.78, 5) is 30.1. The Morgan fingerprint density at radius 3 is 2.30 bits per heavy atom. The Balaban J connectivity index is 1.65. The molecule has 0 aliphatic carbocycles. The summed E-state index contributed by atoms with van der Waals surface area (Å²) in [5, 5.41) is 10.8. The Bertz CT molecular complexity index is 1610. The first-order chi connectivity index (χ1) is 20.5. The normalized spacial score (nSPS) is 11.1. The fourth-order valence-corrected chi connectivity index (χ4v) is 4.69. The number of hydrogen-bond donors (Lipinski definition) is 2. The number of hydrogen-bond acceptors (Lipinski definition) is 7. The highest BCUT2D eigenvalue weighted by Gasteiger charge is 2.27. The van der Waals surface area contributed by atoms with Crippen LogP contribution in [0.15, 0.2) is 46.9 Å². The van der Waals surface area contributed by atoms with Crippen LogP contribution in [0.5, 0.6) is 0 Å². The molecular weight excluding hydrogens is 563 g/mol. The molecule has 0 spiro atoms. The van der Waals surface area contributed by atoms with Crippen LogP contribution in [0, 0.1) is 30.3 Å². The van der Waals surface area contributed by atoms with Crippen molar-refractivity contribution >= 4 is 12.0 Å². The van der Waals surface area contributed by atoms with Crippen molar-refractivity contribution in [2.75, 3.05) is 6.54 Å². The number of alkyl carbamates (subject to hydrolysis) is 1. The van der Waals surface area contributed by atoms with Gasteiger partial charge in [0.2, 0.25) is 11.8 Å². The fourth-order valence-electron chi connectivity index (χ4n) is 4.69. The van der Waals surface area contributed by atoms with E-state index in [2.05, 4.69) is 15.5 Å². The number of pyridine rings is 1. The summed E-state index contributed by atoms with van der Waals surface area (Å²) in [7, 11) is 0.